The summed E-state index contributed by atoms with van der Waals surface area (Å²) in [6.45, 7) is 3.73. The Morgan fingerprint density at radius 2 is 1.74 bits per heavy atom. The Morgan fingerprint density at radius 1 is 1.17 bits per heavy atom. The third-order valence-electron chi connectivity index (χ3n) is 3.11. The molecule has 3 atom stereocenters. The molecule has 23 heavy (non-hydrogen) atoms. The molecular formula is C14H27N3O4S2. The van der Waals surface area contributed by atoms with E-state index in [2.05, 4.69) is 23.3 Å². The quantitative estimate of drug-likeness (QED) is 0.331. The van der Waals surface area contributed by atoms with Crippen molar-refractivity contribution in [3.8, 4) is 0 Å². The summed E-state index contributed by atoms with van der Waals surface area (Å²) >= 11 is 5.62. The number of carboxylic acid groups (broad SMARTS) is 1. The molecule has 0 bridgehead atoms. The summed E-state index contributed by atoms with van der Waals surface area (Å²) in [6.07, 6.45) is 2.72. The van der Waals surface area contributed by atoms with Gasteiger partial charge in [-0.15, -0.1) is 0 Å². The number of nitrogens with two attached hydrogens (primary N) is 1. The lowest BCUT2D eigenvalue weighted by Crippen LogP contribution is -2.55. The molecule has 0 spiro atoms. The summed E-state index contributed by atoms with van der Waals surface area (Å²) in [7, 11) is 0. The van der Waals surface area contributed by atoms with Gasteiger partial charge in [-0.25, -0.2) is 4.79 Å². The van der Waals surface area contributed by atoms with Crippen molar-refractivity contribution in [3.05, 3.63) is 0 Å². The zero-order valence-electron chi connectivity index (χ0n) is 13.7. The van der Waals surface area contributed by atoms with E-state index in [0.29, 0.717) is 12.8 Å². The Morgan fingerprint density at radius 3 is 2.17 bits per heavy atom. The molecule has 7 nitrogen and oxygen atoms in total. The van der Waals surface area contributed by atoms with Crippen molar-refractivity contribution >= 4 is 42.2 Å². The van der Waals surface area contributed by atoms with Gasteiger partial charge >= 0.3 is 5.97 Å². The number of thioether (sulfide) groups is 1. The van der Waals surface area contributed by atoms with Gasteiger partial charge in [-0.2, -0.15) is 24.4 Å². The third-order valence-corrected chi connectivity index (χ3v) is 4.12. The van der Waals surface area contributed by atoms with E-state index in [0.717, 1.165) is 5.75 Å². The number of rotatable bonds is 11. The SMILES string of the molecule is CSCC[C@H](N)C(=O)N[C@@H](CS)C(=O)N[C@@H](CC(C)C)C(=O)O. The molecule has 0 fully saturated rings. The first-order valence-electron chi connectivity index (χ1n) is 7.41. The van der Waals surface area contributed by atoms with Crippen LogP contribution in [0.15, 0.2) is 0 Å². The fraction of sp³-hybridized carbons (Fsp3) is 0.786. The number of amides is 2. The molecule has 0 aliphatic heterocycles. The van der Waals surface area contributed by atoms with Gasteiger partial charge in [0, 0.05) is 5.75 Å². The molecular weight excluding hydrogens is 338 g/mol. The van der Waals surface area contributed by atoms with Gasteiger partial charge in [0.2, 0.25) is 11.8 Å². The van der Waals surface area contributed by atoms with Crippen LogP contribution in [0, 0.1) is 5.92 Å². The van der Waals surface area contributed by atoms with E-state index in [-0.39, 0.29) is 11.7 Å². The van der Waals surface area contributed by atoms with Crippen molar-refractivity contribution in [2.75, 3.05) is 17.8 Å². The highest BCUT2D eigenvalue weighted by atomic mass is 32.2. The minimum absolute atomic E-state index is 0.0564. The first-order valence-corrected chi connectivity index (χ1v) is 9.44. The molecule has 0 radical (unpaired) electrons. The molecule has 0 unspecified atom stereocenters. The number of carbonyl (C=O) groups is 3. The van der Waals surface area contributed by atoms with Crippen molar-refractivity contribution in [2.45, 2.75) is 44.8 Å². The minimum atomic E-state index is -1.10. The van der Waals surface area contributed by atoms with Crippen LogP contribution in [-0.2, 0) is 14.4 Å². The normalized spacial score (nSPS) is 14.9. The Labute approximate surface area is 146 Å². The van der Waals surface area contributed by atoms with Gasteiger partial charge in [-0.1, -0.05) is 13.8 Å². The van der Waals surface area contributed by atoms with Gasteiger partial charge in [-0.3, -0.25) is 9.59 Å². The van der Waals surface area contributed by atoms with Crippen molar-refractivity contribution in [3.63, 3.8) is 0 Å². The van der Waals surface area contributed by atoms with Gasteiger partial charge in [-0.05, 0) is 30.8 Å². The van der Waals surface area contributed by atoms with Crippen molar-refractivity contribution in [1.29, 1.82) is 0 Å². The average Bonchev–Trinajstić information content (AvgIpc) is 2.48. The molecule has 134 valence electrons. The first kappa shape index (κ1) is 22.1. The Kier molecular flexibility index (Phi) is 11.1. The van der Waals surface area contributed by atoms with E-state index in [1.165, 1.54) is 0 Å². The molecule has 5 N–H and O–H groups in total. The number of hydrogen-bond donors (Lipinski definition) is 5. The summed E-state index contributed by atoms with van der Waals surface area (Å²) in [5, 5.41) is 14.1. The van der Waals surface area contributed by atoms with Crippen LogP contribution in [0.1, 0.15) is 26.7 Å². The van der Waals surface area contributed by atoms with Crippen molar-refractivity contribution in [1.82, 2.24) is 10.6 Å². The highest BCUT2D eigenvalue weighted by Gasteiger charge is 2.27. The van der Waals surface area contributed by atoms with E-state index in [1.807, 2.05) is 20.1 Å². The number of carboxylic acids is 1. The van der Waals surface area contributed by atoms with Crippen LogP contribution in [0.4, 0.5) is 0 Å². The molecule has 0 saturated heterocycles. The Bertz CT molecular complexity index is 407. The predicted octanol–water partition coefficient (Wildman–Crippen LogP) is 0.0969. The van der Waals surface area contributed by atoms with Gasteiger partial charge < -0.3 is 21.5 Å². The summed E-state index contributed by atoms with van der Waals surface area (Å²) in [5.41, 5.74) is 5.75. The van der Waals surface area contributed by atoms with Crippen LogP contribution in [0.5, 0.6) is 0 Å². The van der Waals surface area contributed by atoms with Gasteiger partial charge in [0.1, 0.15) is 12.1 Å². The molecule has 0 saturated carbocycles. The van der Waals surface area contributed by atoms with Crippen molar-refractivity contribution < 1.29 is 19.5 Å². The van der Waals surface area contributed by atoms with Crippen LogP contribution in [-0.4, -0.2) is 58.8 Å². The van der Waals surface area contributed by atoms with Crippen LogP contribution in [0.3, 0.4) is 0 Å². The maximum absolute atomic E-state index is 12.2. The smallest absolute Gasteiger partial charge is 0.326 e. The number of hydrogen-bond acceptors (Lipinski definition) is 6. The second-order valence-electron chi connectivity index (χ2n) is 5.66. The van der Waals surface area contributed by atoms with Crippen LogP contribution in [0.2, 0.25) is 0 Å². The molecule has 0 aromatic carbocycles. The number of aliphatic carboxylic acids is 1. The van der Waals surface area contributed by atoms with Gasteiger partial charge in [0.25, 0.3) is 0 Å². The standard InChI is InChI=1S/C14H27N3O4S2/c1-8(2)6-10(14(20)21)16-13(19)11(7-22)17-12(18)9(15)4-5-23-3/h8-11,22H,4-7,15H2,1-3H3,(H,16,19)(H,17,18)(H,20,21)/t9-,10-,11-/m0/s1. The summed E-state index contributed by atoms with van der Waals surface area (Å²) in [6, 6.07) is -2.62. The molecule has 0 aliphatic rings. The van der Waals surface area contributed by atoms with E-state index in [9.17, 15) is 14.4 Å². The largest absolute Gasteiger partial charge is 0.480 e. The number of nitrogens with one attached hydrogen (secondary N) is 2. The lowest BCUT2D eigenvalue weighted by Gasteiger charge is -2.22. The van der Waals surface area contributed by atoms with E-state index in [4.69, 9.17) is 10.8 Å². The van der Waals surface area contributed by atoms with Crippen LogP contribution < -0.4 is 16.4 Å². The van der Waals surface area contributed by atoms with E-state index in [1.54, 1.807) is 11.8 Å². The second kappa shape index (κ2) is 11.6. The highest BCUT2D eigenvalue weighted by Crippen LogP contribution is 2.06. The summed E-state index contributed by atoms with van der Waals surface area (Å²) < 4.78 is 0. The maximum atomic E-state index is 12.2. The zero-order chi connectivity index (χ0) is 18.0. The molecule has 0 heterocycles. The molecule has 0 aromatic heterocycles. The summed E-state index contributed by atoms with van der Waals surface area (Å²) in [5.74, 6) is -1.21. The minimum Gasteiger partial charge on any atom is -0.480 e. The second-order valence-corrected chi connectivity index (χ2v) is 7.01. The molecule has 0 aromatic rings. The molecule has 0 rings (SSSR count). The Balaban J connectivity index is 4.66. The maximum Gasteiger partial charge on any atom is 0.326 e. The third kappa shape index (κ3) is 9.07. The topological polar surface area (TPSA) is 122 Å². The first-order chi connectivity index (χ1) is 10.7. The van der Waals surface area contributed by atoms with Crippen LogP contribution >= 0.6 is 24.4 Å². The van der Waals surface area contributed by atoms with Gasteiger partial charge in [0.15, 0.2) is 0 Å². The fourth-order valence-electron chi connectivity index (χ4n) is 1.81. The molecule has 2 amide bonds. The number of thiol groups is 1. The van der Waals surface area contributed by atoms with Crippen LogP contribution in [0.25, 0.3) is 0 Å². The summed E-state index contributed by atoms with van der Waals surface area (Å²) in [4.78, 5) is 35.3. The monoisotopic (exact) mass is 365 g/mol. The van der Waals surface area contributed by atoms with E-state index >= 15 is 0 Å². The highest BCUT2D eigenvalue weighted by molar-refractivity contribution is 7.98. The lowest BCUT2D eigenvalue weighted by atomic mass is 10.0. The Hall–Kier alpha value is -0.930. The van der Waals surface area contributed by atoms with Crippen molar-refractivity contribution in [2.24, 2.45) is 11.7 Å². The van der Waals surface area contributed by atoms with Gasteiger partial charge in [0.05, 0.1) is 6.04 Å². The number of carbonyl (C=O) groups excluding carboxylic acids is 2. The molecule has 9 heteroatoms. The fourth-order valence-corrected chi connectivity index (χ4v) is 2.56. The average molecular weight is 366 g/mol. The predicted molar refractivity (Wildman–Crippen MR) is 95.8 cm³/mol. The van der Waals surface area contributed by atoms with E-state index < -0.39 is 35.9 Å². The lowest BCUT2D eigenvalue weighted by molar-refractivity contribution is -0.142. The zero-order valence-corrected chi connectivity index (χ0v) is 15.5. The molecule has 0 aliphatic carbocycles.